The Labute approximate surface area is 220 Å². The van der Waals surface area contributed by atoms with Gasteiger partial charge in [0.2, 0.25) is 0 Å². The summed E-state index contributed by atoms with van der Waals surface area (Å²) in [6, 6.07) is 9.31. The van der Waals surface area contributed by atoms with Crippen LogP contribution in [0.4, 0.5) is 21.6 Å². The highest BCUT2D eigenvalue weighted by Gasteiger charge is 2.31. The number of hydrogen-bond donors (Lipinski definition) is 4. The molecule has 4 rings (SSSR count). The highest BCUT2D eigenvalue weighted by Crippen LogP contribution is 2.37. The van der Waals surface area contributed by atoms with Crippen molar-refractivity contribution in [1.29, 1.82) is 0 Å². The fraction of sp³-hybridized carbons (Fsp3) is 0.308. The fourth-order valence-corrected chi connectivity index (χ4v) is 4.49. The maximum absolute atomic E-state index is 14.8. The molecule has 202 valence electrons. The van der Waals surface area contributed by atoms with E-state index < -0.39 is 27.5 Å². The summed E-state index contributed by atoms with van der Waals surface area (Å²) in [5, 5.41) is 5.83. The summed E-state index contributed by atoms with van der Waals surface area (Å²) in [6.45, 7) is 4.93. The zero-order valence-corrected chi connectivity index (χ0v) is 22.5. The first kappa shape index (κ1) is 27.1. The Bertz CT molecular complexity index is 1580. The predicted octanol–water partition coefficient (Wildman–Crippen LogP) is 3.75. The van der Waals surface area contributed by atoms with Gasteiger partial charge in [-0.3, -0.25) is 18.9 Å². The summed E-state index contributed by atoms with van der Waals surface area (Å²) in [7, 11) is -1.04. The third-order valence-electron chi connectivity index (χ3n) is 6.29. The van der Waals surface area contributed by atoms with E-state index in [1.54, 1.807) is 38.1 Å². The number of amides is 1. The molecule has 1 heterocycles. The van der Waals surface area contributed by atoms with Crippen LogP contribution >= 0.6 is 0 Å². The van der Waals surface area contributed by atoms with Gasteiger partial charge in [-0.15, -0.1) is 0 Å². The molecule has 3 aromatic rings. The highest BCUT2D eigenvalue weighted by molar-refractivity contribution is 7.90. The minimum absolute atomic E-state index is 0.00198. The average Bonchev–Trinajstić information content (AvgIpc) is 3.68. The molecule has 1 aliphatic rings. The number of carbonyl (C=O) groups is 1. The van der Waals surface area contributed by atoms with Crippen molar-refractivity contribution < 1.29 is 22.3 Å². The lowest BCUT2D eigenvalue weighted by molar-refractivity contribution is 0.0948. The van der Waals surface area contributed by atoms with Crippen molar-refractivity contribution in [3.63, 3.8) is 0 Å². The topological polar surface area (TPSA) is 131 Å². The minimum atomic E-state index is -3.80. The van der Waals surface area contributed by atoms with Crippen molar-refractivity contribution in [2.45, 2.75) is 39.7 Å². The van der Waals surface area contributed by atoms with Crippen molar-refractivity contribution >= 4 is 33.3 Å². The number of nitrogens with zero attached hydrogens (tertiary/aromatic N) is 1. The minimum Gasteiger partial charge on any atom is -0.456 e. The SMILES string of the molecule is CNS(=O)(=O)Nc1cccc(Oc2c(C(=O)NC3CC3)c(Nc3ccc(C)cc3F)n(C)c(=O)c2C)c1C. The molecule has 1 saturated carbocycles. The smallest absolute Gasteiger partial charge is 0.298 e. The lowest BCUT2D eigenvalue weighted by Crippen LogP contribution is -2.31. The molecule has 4 N–H and O–H groups in total. The molecule has 10 nitrogen and oxygen atoms in total. The van der Waals surface area contributed by atoms with Crippen LogP contribution in [0.1, 0.15) is 39.9 Å². The number of ether oxygens (including phenoxy) is 1. The maximum atomic E-state index is 14.8. The van der Waals surface area contributed by atoms with Gasteiger partial charge in [0.1, 0.15) is 22.9 Å². The van der Waals surface area contributed by atoms with E-state index in [0.29, 0.717) is 11.1 Å². The van der Waals surface area contributed by atoms with Crippen LogP contribution in [0.15, 0.2) is 41.2 Å². The molecule has 0 saturated heterocycles. The van der Waals surface area contributed by atoms with E-state index in [9.17, 15) is 22.4 Å². The molecule has 1 aromatic heterocycles. The molecule has 1 fully saturated rings. The number of nitrogens with one attached hydrogen (secondary N) is 4. The second kappa shape index (κ2) is 10.5. The van der Waals surface area contributed by atoms with Crippen molar-refractivity contribution in [2.24, 2.45) is 7.05 Å². The van der Waals surface area contributed by atoms with Gasteiger partial charge in [-0.25, -0.2) is 9.11 Å². The quantitative estimate of drug-likeness (QED) is 0.325. The van der Waals surface area contributed by atoms with Crippen molar-refractivity contribution in [2.75, 3.05) is 17.1 Å². The van der Waals surface area contributed by atoms with Crippen molar-refractivity contribution in [3.8, 4) is 11.5 Å². The van der Waals surface area contributed by atoms with Gasteiger partial charge < -0.3 is 15.4 Å². The van der Waals surface area contributed by atoms with Gasteiger partial charge in [0.25, 0.3) is 21.7 Å². The molecule has 38 heavy (non-hydrogen) atoms. The first-order chi connectivity index (χ1) is 17.9. The Morgan fingerprint density at radius 2 is 1.79 bits per heavy atom. The molecule has 0 bridgehead atoms. The Kier molecular flexibility index (Phi) is 7.47. The summed E-state index contributed by atoms with van der Waals surface area (Å²) >= 11 is 0. The summed E-state index contributed by atoms with van der Waals surface area (Å²) in [5.74, 6) is -0.764. The van der Waals surface area contributed by atoms with E-state index >= 15 is 0 Å². The number of aromatic nitrogens is 1. The van der Waals surface area contributed by atoms with Crippen molar-refractivity contribution in [3.05, 3.63) is 74.8 Å². The Morgan fingerprint density at radius 3 is 2.42 bits per heavy atom. The first-order valence-electron chi connectivity index (χ1n) is 12.0. The van der Waals surface area contributed by atoms with Crippen LogP contribution in [0.25, 0.3) is 0 Å². The Hall–Kier alpha value is -3.90. The third-order valence-corrected chi connectivity index (χ3v) is 7.32. The molecule has 0 radical (unpaired) electrons. The zero-order chi connectivity index (χ0) is 27.8. The molecular weight excluding hydrogens is 513 g/mol. The molecule has 12 heteroatoms. The molecule has 0 spiro atoms. The van der Waals surface area contributed by atoms with Gasteiger partial charge in [0.05, 0.1) is 16.9 Å². The summed E-state index contributed by atoms with van der Waals surface area (Å²) in [4.78, 5) is 26.7. The van der Waals surface area contributed by atoms with E-state index in [0.717, 1.165) is 12.8 Å². The van der Waals surface area contributed by atoms with E-state index in [1.807, 2.05) is 0 Å². The zero-order valence-electron chi connectivity index (χ0n) is 21.7. The number of carbonyl (C=O) groups excluding carboxylic acids is 1. The number of hydrogen-bond acceptors (Lipinski definition) is 6. The Balaban J connectivity index is 1.87. The summed E-state index contributed by atoms with van der Waals surface area (Å²) < 4.78 is 50.9. The maximum Gasteiger partial charge on any atom is 0.298 e. The van der Waals surface area contributed by atoms with Crippen LogP contribution in [0, 0.1) is 26.6 Å². The van der Waals surface area contributed by atoms with Crippen LogP contribution in [0.2, 0.25) is 0 Å². The van der Waals surface area contributed by atoms with Crippen LogP contribution in [-0.2, 0) is 17.3 Å². The second-order valence-electron chi connectivity index (χ2n) is 9.24. The van der Waals surface area contributed by atoms with Gasteiger partial charge in [-0.05, 0) is 63.4 Å². The van der Waals surface area contributed by atoms with Crippen LogP contribution in [0.5, 0.6) is 11.5 Å². The molecule has 0 atom stereocenters. The normalized spacial score (nSPS) is 13.2. The third kappa shape index (κ3) is 5.65. The van der Waals surface area contributed by atoms with E-state index in [-0.39, 0.29) is 45.9 Å². The highest BCUT2D eigenvalue weighted by atomic mass is 32.2. The number of rotatable bonds is 9. The average molecular weight is 544 g/mol. The standard InChI is InChI=1S/C26H30FN5O5S/c1-14-9-12-20(18(27)13-14)30-24-22(25(33)29-17-10-11-17)23(16(3)26(34)32(24)5)37-21-8-6-7-19(15(21)2)31-38(35,36)28-4/h6-9,12-13,17,28,30-31H,10-11H2,1-5H3,(H,29,33). The summed E-state index contributed by atoms with van der Waals surface area (Å²) in [5.41, 5.74) is 1.21. The number of halogens is 1. The van der Waals surface area contributed by atoms with Crippen molar-refractivity contribution in [1.82, 2.24) is 14.6 Å². The van der Waals surface area contributed by atoms with Gasteiger partial charge in [0.15, 0.2) is 5.75 Å². The number of pyridine rings is 1. The molecular formula is C26H30FN5O5S. The van der Waals surface area contributed by atoms with E-state index in [4.69, 9.17) is 4.74 Å². The second-order valence-corrected chi connectivity index (χ2v) is 10.9. The Morgan fingerprint density at radius 1 is 1.08 bits per heavy atom. The molecule has 1 aliphatic carbocycles. The van der Waals surface area contributed by atoms with Gasteiger partial charge in [0, 0.05) is 25.7 Å². The van der Waals surface area contributed by atoms with Crippen LogP contribution < -0.4 is 30.4 Å². The van der Waals surface area contributed by atoms with Crippen LogP contribution in [-0.4, -0.2) is 32.0 Å². The largest absolute Gasteiger partial charge is 0.456 e. The number of benzene rings is 2. The fourth-order valence-electron chi connectivity index (χ4n) is 3.87. The predicted molar refractivity (Wildman–Crippen MR) is 144 cm³/mol. The monoisotopic (exact) mass is 543 g/mol. The molecule has 1 amide bonds. The lowest BCUT2D eigenvalue weighted by atomic mass is 10.1. The molecule has 0 aliphatic heterocycles. The molecule has 0 unspecified atom stereocenters. The lowest BCUT2D eigenvalue weighted by Gasteiger charge is -2.22. The van der Waals surface area contributed by atoms with Gasteiger partial charge in [-0.2, -0.15) is 8.42 Å². The van der Waals surface area contributed by atoms with Gasteiger partial charge in [-0.1, -0.05) is 12.1 Å². The summed E-state index contributed by atoms with van der Waals surface area (Å²) in [6.07, 6.45) is 1.66. The van der Waals surface area contributed by atoms with Crippen LogP contribution in [0.3, 0.4) is 0 Å². The van der Waals surface area contributed by atoms with E-state index in [2.05, 4.69) is 20.1 Å². The van der Waals surface area contributed by atoms with Gasteiger partial charge >= 0.3 is 0 Å². The number of anilines is 3. The van der Waals surface area contributed by atoms with E-state index in [1.165, 1.54) is 37.7 Å². The molecule has 2 aromatic carbocycles. The number of aryl methyl sites for hydroxylation is 1. The first-order valence-corrected chi connectivity index (χ1v) is 13.5.